The minimum absolute atomic E-state index is 0.0159. The zero-order chi connectivity index (χ0) is 17.5. The molecule has 0 unspecified atom stereocenters. The molecule has 0 aliphatic carbocycles. The van der Waals surface area contributed by atoms with Gasteiger partial charge in [0.05, 0.1) is 11.6 Å². The fourth-order valence-corrected chi connectivity index (χ4v) is 2.44. The maximum Gasteiger partial charge on any atom is 0.220 e. The van der Waals surface area contributed by atoms with Crippen molar-refractivity contribution in [1.29, 1.82) is 5.26 Å². The van der Waals surface area contributed by atoms with E-state index in [0.29, 0.717) is 17.7 Å². The number of Topliss-reactive ketones (excluding diaryl/α,β-unsaturated/α-hetero) is 1. The first-order chi connectivity index (χ1) is 11.5. The maximum absolute atomic E-state index is 12.3. The molecule has 4 heteroatoms. The molecule has 2 rings (SSSR count). The van der Waals surface area contributed by atoms with Crippen molar-refractivity contribution in [3.8, 4) is 6.07 Å². The summed E-state index contributed by atoms with van der Waals surface area (Å²) in [5.74, 6) is -0.186. The Bertz CT molecular complexity index is 804. The minimum atomic E-state index is -0.170. The summed E-state index contributed by atoms with van der Waals surface area (Å²) in [7, 11) is 0. The molecule has 0 heterocycles. The summed E-state index contributed by atoms with van der Waals surface area (Å²) in [6.45, 7) is 4.19. The number of aryl methyl sites for hydroxylation is 2. The Morgan fingerprint density at radius 3 is 2.62 bits per heavy atom. The Labute approximate surface area is 142 Å². The van der Waals surface area contributed by atoms with E-state index in [1.54, 1.807) is 18.2 Å². The van der Waals surface area contributed by atoms with E-state index in [1.165, 1.54) is 0 Å². The van der Waals surface area contributed by atoms with Crippen LogP contribution in [0.5, 0.6) is 0 Å². The second kappa shape index (κ2) is 8.07. The largest absolute Gasteiger partial charge is 0.352 e. The van der Waals surface area contributed by atoms with Crippen molar-refractivity contribution < 1.29 is 9.59 Å². The highest BCUT2D eigenvalue weighted by Crippen LogP contribution is 2.14. The van der Waals surface area contributed by atoms with Gasteiger partial charge in [-0.15, -0.1) is 0 Å². The molecule has 0 saturated heterocycles. The van der Waals surface area contributed by atoms with Gasteiger partial charge in [0.15, 0.2) is 5.78 Å². The molecule has 0 atom stereocenters. The summed E-state index contributed by atoms with van der Waals surface area (Å²) in [6, 6.07) is 14.9. The number of nitrogens with one attached hydrogen (secondary N) is 1. The summed E-state index contributed by atoms with van der Waals surface area (Å²) in [5, 5.41) is 11.6. The molecule has 4 nitrogen and oxygen atoms in total. The van der Waals surface area contributed by atoms with Gasteiger partial charge in [0, 0.05) is 24.9 Å². The Morgan fingerprint density at radius 2 is 1.88 bits per heavy atom. The number of benzene rings is 2. The van der Waals surface area contributed by atoms with Gasteiger partial charge in [-0.2, -0.15) is 5.26 Å². The van der Waals surface area contributed by atoms with Crippen LogP contribution in [0.25, 0.3) is 0 Å². The third-order valence-corrected chi connectivity index (χ3v) is 3.82. The lowest BCUT2D eigenvalue weighted by Crippen LogP contribution is -2.23. The van der Waals surface area contributed by atoms with Crippen molar-refractivity contribution in [2.75, 3.05) is 0 Å². The number of hydrogen-bond donors (Lipinski definition) is 1. The zero-order valence-corrected chi connectivity index (χ0v) is 13.9. The molecule has 2 aromatic rings. The smallest absolute Gasteiger partial charge is 0.220 e. The minimum Gasteiger partial charge on any atom is -0.352 e. The van der Waals surface area contributed by atoms with Gasteiger partial charge in [0.1, 0.15) is 0 Å². The molecule has 2 aromatic carbocycles. The molecule has 0 aliphatic rings. The topological polar surface area (TPSA) is 70.0 Å². The Hall–Kier alpha value is -2.93. The number of rotatable bonds is 6. The van der Waals surface area contributed by atoms with E-state index in [2.05, 4.69) is 11.4 Å². The number of nitrogens with zero attached hydrogens (tertiary/aromatic N) is 1. The third-order valence-electron chi connectivity index (χ3n) is 3.82. The highest BCUT2D eigenvalue weighted by atomic mass is 16.2. The standard InChI is InChI=1S/C20H20N2O2/c1-14-6-7-15(2)18(10-14)19(23)8-9-20(24)22-13-17-5-3-4-16(11-17)12-21/h3-7,10-11H,8-9,13H2,1-2H3,(H,22,24). The van der Waals surface area contributed by atoms with Gasteiger partial charge in [0.25, 0.3) is 0 Å². The molecule has 0 radical (unpaired) electrons. The number of carbonyl (C=O) groups excluding carboxylic acids is 2. The lowest BCUT2D eigenvalue weighted by molar-refractivity contribution is -0.121. The van der Waals surface area contributed by atoms with E-state index in [4.69, 9.17) is 5.26 Å². The van der Waals surface area contributed by atoms with Crippen molar-refractivity contribution >= 4 is 11.7 Å². The van der Waals surface area contributed by atoms with E-state index in [9.17, 15) is 9.59 Å². The van der Waals surface area contributed by atoms with Crippen LogP contribution in [0.3, 0.4) is 0 Å². The van der Waals surface area contributed by atoms with Crippen molar-refractivity contribution in [3.63, 3.8) is 0 Å². The van der Waals surface area contributed by atoms with Gasteiger partial charge in [0.2, 0.25) is 5.91 Å². The van der Waals surface area contributed by atoms with Crippen molar-refractivity contribution in [2.24, 2.45) is 0 Å². The second-order valence-electron chi connectivity index (χ2n) is 5.83. The molecule has 0 fully saturated rings. The van der Waals surface area contributed by atoms with E-state index < -0.39 is 0 Å². The zero-order valence-electron chi connectivity index (χ0n) is 13.9. The summed E-state index contributed by atoms with van der Waals surface area (Å²) < 4.78 is 0. The summed E-state index contributed by atoms with van der Waals surface area (Å²) >= 11 is 0. The van der Waals surface area contributed by atoms with E-state index in [1.807, 2.05) is 38.1 Å². The van der Waals surface area contributed by atoms with Crippen LogP contribution < -0.4 is 5.32 Å². The third kappa shape index (κ3) is 4.79. The summed E-state index contributed by atoms with van der Waals surface area (Å²) in [6.07, 6.45) is 0.346. The molecule has 122 valence electrons. The van der Waals surface area contributed by atoms with Crippen molar-refractivity contribution in [2.45, 2.75) is 33.2 Å². The average molecular weight is 320 g/mol. The van der Waals surface area contributed by atoms with Gasteiger partial charge >= 0.3 is 0 Å². The molecular formula is C20H20N2O2. The first kappa shape index (κ1) is 17.4. The van der Waals surface area contributed by atoms with Crippen LogP contribution in [0.4, 0.5) is 0 Å². The summed E-state index contributed by atoms with van der Waals surface area (Å²) in [4.78, 5) is 24.2. The van der Waals surface area contributed by atoms with Crippen molar-refractivity contribution in [3.05, 3.63) is 70.3 Å². The van der Waals surface area contributed by atoms with E-state index >= 15 is 0 Å². The van der Waals surface area contributed by atoms with Crippen LogP contribution in [0.1, 0.15) is 45.5 Å². The Morgan fingerprint density at radius 1 is 1.08 bits per heavy atom. The number of ketones is 1. The fraction of sp³-hybridized carbons (Fsp3) is 0.250. The first-order valence-corrected chi connectivity index (χ1v) is 7.86. The van der Waals surface area contributed by atoms with Gasteiger partial charge in [-0.1, -0.05) is 29.8 Å². The fourth-order valence-electron chi connectivity index (χ4n) is 2.44. The van der Waals surface area contributed by atoms with E-state index in [0.717, 1.165) is 16.7 Å². The van der Waals surface area contributed by atoms with Crippen LogP contribution in [-0.2, 0) is 11.3 Å². The van der Waals surface area contributed by atoms with Crippen LogP contribution >= 0.6 is 0 Å². The molecule has 0 aliphatic heterocycles. The molecular weight excluding hydrogens is 300 g/mol. The van der Waals surface area contributed by atoms with Crippen LogP contribution in [0.15, 0.2) is 42.5 Å². The molecule has 1 N–H and O–H groups in total. The monoisotopic (exact) mass is 320 g/mol. The predicted octanol–water partition coefficient (Wildman–Crippen LogP) is 3.45. The molecule has 0 spiro atoms. The summed E-state index contributed by atoms with van der Waals surface area (Å²) in [5.41, 5.74) is 4.07. The van der Waals surface area contributed by atoms with Crippen molar-refractivity contribution in [1.82, 2.24) is 5.32 Å². The lowest BCUT2D eigenvalue weighted by Gasteiger charge is -2.07. The maximum atomic E-state index is 12.3. The van der Waals surface area contributed by atoms with Crippen LogP contribution in [0, 0.1) is 25.2 Å². The quantitative estimate of drug-likeness (QED) is 0.829. The molecule has 0 saturated carbocycles. The number of carbonyl (C=O) groups is 2. The highest BCUT2D eigenvalue weighted by Gasteiger charge is 2.11. The lowest BCUT2D eigenvalue weighted by atomic mass is 9.99. The number of nitriles is 1. The highest BCUT2D eigenvalue weighted by molar-refractivity contribution is 5.99. The first-order valence-electron chi connectivity index (χ1n) is 7.86. The van der Waals surface area contributed by atoms with E-state index in [-0.39, 0.29) is 24.5 Å². The normalized spacial score (nSPS) is 10.0. The number of amides is 1. The molecule has 0 bridgehead atoms. The van der Waals surface area contributed by atoms with Crippen LogP contribution in [-0.4, -0.2) is 11.7 Å². The van der Waals surface area contributed by atoms with Gasteiger partial charge in [-0.3, -0.25) is 9.59 Å². The predicted molar refractivity (Wildman–Crippen MR) is 92.5 cm³/mol. The SMILES string of the molecule is Cc1ccc(C)c(C(=O)CCC(=O)NCc2cccc(C#N)c2)c1. The Kier molecular flexibility index (Phi) is 5.86. The second-order valence-corrected chi connectivity index (χ2v) is 5.83. The molecule has 24 heavy (non-hydrogen) atoms. The van der Waals surface area contributed by atoms with Gasteiger partial charge < -0.3 is 5.32 Å². The van der Waals surface area contributed by atoms with Crippen LogP contribution in [0.2, 0.25) is 0 Å². The molecule has 1 amide bonds. The average Bonchev–Trinajstić information content (AvgIpc) is 2.60. The van der Waals surface area contributed by atoms with Gasteiger partial charge in [-0.25, -0.2) is 0 Å². The number of hydrogen-bond acceptors (Lipinski definition) is 3. The Balaban J connectivity index is 1.85. The van der Waals surface area contributed by atoms with Gasteiger partial charge in [-0.05, 0) is 43.2 Å². The molecule has 0 aromatic heterocycles.